The lowest BCUT2D eigenvalue weighted by Crippen LogP contribution is -2.02. The van der Waals surface area contributed by atoms with Gasteiger partial charge in [0, 0.05) is 12.4 Å². The van der Waals surface area contributed by atoms with E-state index < -0.39 is 0 Å². The average Bonchev–Trinajstić information content (AvgIpc) is 3.03. The number of hydrogen-bond acceptors (Lipinski definition) is 7. The van der Waals surface area contributed by atoms with Crippen molar-refractivity contribution in [2.24, 2.45) is 12.1 Å². The normalized spacial score (nSPS) is 11.5. The zero-order valence-electron chi connectivity index (χ0n) is 16.9. The lowest BCUT2D eigenvalue weighted by atomic mass is 10.2. The van der Waals surface area contributed by atoms with Gasteiger partial charge in [0.2, 0.25) is 0 Å². The van der Waals surface area contributed by atoms with E-state index in [1.807, 2.05) is 61.9 Å². The zero-order valence-corrected chi connectivity index (χ0v) is 18.5. The van der Waals surface area contributed by atoms with Crippen LogP contribution in [0.3, 0.4) is 0 Å². The summed E-state index contributed by atoms with van der Waals surface area (Å²) in [5.74, 6) is 1.66. The molecular formula is C21H21BrN6O2. The fourth-order valence-corrected chi connectivity index (χ4v) is 3.80. The number of benzene rings is 2. The number of aryl methyl sites for hydroxylation is 1. The van der Waals surface area contributed by atoms with E-state index in [1.54, 1.807) is 6.21 Å². The molecule has 0 spiro atoms. The number of hydrogen-bond donors (Lipinski definition) is 1. The molecule has 30 heavy (non-hydrogen) atoms. The molecule has 0 saturated carbocycles. The third-order valence-corrected chi connectivity index (χ3v) is 5.09. The predicted molar refractivity (Wildman–Crippen MR) is 122 cm³/mol. The largest absolute Gasteiger partial charge is 0.490 e. The summed E-state index contributed by atoms with van der Waals surface area (Å²) in [6.07, 6.45) is 1.66. The van der Waals surface area contributed by atoms with Crippen LogP contribution in [0.1, 0.15) is 19.4 Å². The molecule has 0 unspecified atom stereocenters. The molecule has 2 aromatic carbocycles. The molecule has 1 N–H and O–H groups in total. The number of anilines is 1. The van der Waals surface area contributed by atoms with Crippen LogP contribution in [0.15, 0.2) is 46.0 Å². The van der Waals surface area contributed by atoms with Crippen molar-refractivity contribution >= 4 is 50.2 Å². The molecule has 0 saturated heterocycles. The Balaban J connectivity index is 1.59. The molecule has 0 aliphatic carbocycles. The number of nitrogens with zero attached hydrogens (tertiary/aromatic N) is 5. The van der Waals surface area contributed by atoms with Crippen molar-refractivity contribution in [3.05, 3.63) is 46.4 Å². The molecule has 2 aromatic heterocycles. The van der Waals surface area contributed by atoms with Gasteiger partial charge in [-0.3, -0.25) is 0 Å². The van der Waals surface area contributed by atoms with Gasteiger partial charge in [-0.05, 0) is 53.5 Å². The molecule has 0 amide bonds. The summed E-state index contributed by atoms with van der Waals surface area (Å²) in [4.78, 5) is 4.56. The van der Waals surface area contributed by atoms with E-state index in [0.29, 0.717) is 30.7 Å². The second kappa shape index (κ2) is 8.66. The van der Waals surface area contributed by atoms with E-state index in [1.165, 1.54) is 0 Å². The summed E-state index contributed by atoms with van der Waals surface area (Å²) in [6, 6.07) is 11.8. The Kier molecular flexibility index (Phi) is 5.80. The van der Waals surface area contributed by atoms with Crippen molar-refractivity contribution in [1.82, 2.24) is 19.7 Å². The Morgan fingerprint density at radius 2 is 1.93 bits per heavy atom. The molecule has 2 heterocycles. The number of rotatable bonds is 7. The van der Waals surface area contributed by atoms with Gasteiger partial charge in [-0.2, -0.15) is 10.1 Å². The lowest BCUT2D eigenvalue weighted by Gasteiger charge is -2.13. The average molecular weight is 469 g/mol. The fraction of sp³-hybridized carbons (Fsp3) is 0.238. The van der Waals surface area contributed by atoms with E-state index in [-0.39, 0.29) is 0 Å². The van der Waals surface area contributed by atoms with Crippen molar-refractivity contribution < 1.29 is 9.47 Å². The molecule has 0 atom stereocenters. The van der Waals surface area contributed by atoms with Gasteiger partial charge in [0.15, 0.2) is 17.1 Å². The molecule has 4 rings (SSSR count). The SMILES string of the molecule is CCOc1cc(/C=N/Nc2nnc3c4ccccc4n(C)c3n2)cc(Br)c1OCC. The topological polar surface area (TPSA) is 86.5 Å². The van der Waals surface area contributed by atoms with Crippen LogP contribution in [-0.4, -0.2) is 39.2 Å². The number of hydrazone groups is 1. The molecule has 154 valence electrons. The van der Waals surface area contributed by atoms with Crippen molar-refractivity contribution in [1.29, 1.82) is 0 Å². The van der Waals surface area contributed by atoms with Gasteiger partial charge < -0.3 is 14.0 Å². The van der Waals surface area contributed by atoms with Crippen LogP contribution in [-0.2, 0) is 7.05 Å². The first-order valence-electron chi connectivity index (χ1n) is 9.58. The molecule has 0 fully saturated rings. The van der Waals surface area contributed by atoms with Crippen molar-refractivity contribution in [2.45, 2.75) is 13.8 Å². The lowest BCUT2D eigenvalue weighted by molar-refractivity contribution is 0.286. The zero-order chi connectivity index (χ0) is 21.1. The Morgan fingerprint density at radius 3 is 2.73 bits per heavy atom. The van der Waals surface area contributed by atoms with Crippen LogP contribution < -0.4 is 14.9 Å². The molecule has 0 aliphatic rings. The molecule has 9 heteroatoms. The van der Waals surface area contributed by atoms with E-state index in [0.717, 1.165) is 32.1 Å². The highest BCUT2D eigenvalue weighted by Gasteiger charge is 2.13. The maximum absolute atomic E-state index is 5.69. The second-order valence-electron chi connectivity index (χ2n) is 6.45. The highest BCUT2D eigenvalue weighted by Crippen LogP contribution is 2.36. The maximum atomic E-state index is 5.69. The van der Waals surface area contributed by atoms with Crippen LogP contribution >= 0.6 is 15.9 Å². The first kappa shape index (κ1) is 20.1. The Morgan fingerprint density at radius 1 is 1.13 bits per heavy atom. The van der Waals surface area contributed by atoms with Crippen LogP contribution in [0.25, 0.3) is 22.1 Å². The number of halogens is 1. The summed E-state index contributed by atoms with van der Waals surface area (Å²) >= 11 is 3.53. The molecule has 8 nitrogen and oxygen atoms in total. The summed E-state index contributed by atoms with van der Waals surface area (Å²) in [5.41, 5.74) is 6.24. The van der Waals surface area contributed by atoms with Crippen molar-refractivity contribution in [3.63, 3.8) is 0 Å². The minimum absolute atomic E-state index is 0.319. The van der Waals surface area contributed by atoms with E-state index >= 15 is 0 Å². The van der Waals surface area contributed by atoms with Gasteiger partial charge in [-0.15, -0.1) is 10.2 Å². The van der Waals surface area contributed by atoms with Gasteiger partial charge in [-0.25, -0.2) is 5.43 Å². The maximum Gasteiger partial charge on any atom is 0.265 e. The van der Waals surface area contributed by atoms with E-state index in [4.69, 9.17) is 9.47 Å². The number of ether oxygens (including phenoxy) is 2. The van der Waals surface area contributed by atoms with Crippen LogP contribution in [0.5, 0.6) is 11.5 Å². The highest BCUT2D eigenvalue weighted by atomic mass is 79.9. The third-order valence-electron chi connectivity index (χ3n) is 4.51. The summed E-state index contributed by atoms with van der Waals surface area (Å²) in [6.45, 7) is 4.95. The molecule has 4 aromatic rings. The third kappa shape index (κ3) is 3.80. The first-order chi connectivity index (χ1) is 14.6. The summed E-state index contributed by atoms with van der Waals surface area (Å²) < 4.78 is 14.1. The Hall–Kier alpha value is -3.20. The second-order valence-corrected chi connectivity index (χ2v) is 7.30. The van der Waals surface area contributed by atoms with E-state index in [2.05, 4.69) is 41.6 Å². The van der Waals surface area contributed by atoms with E-state index in [9.17, 15) is 0 Å². The fourth-order valence-electron chi connectivity index (χ4n) is 3.23. The number of nitrogens with one attached hydrogen (secondary N) is 1. The van der Waals surface area contributed by atoms with Gasteiger partial charge >= 0.3 is 0 Å². The molecule has 0 bridgehead atoms. The first-order valence-corrected chi connectivity index (χ1v) is 10.4. The Bertz CT molecular complexity index is 1240. The highest BCUT2D eigenvalue weighted by molar-refractivity contribution is 9.10. The number of fused-ring (bicyclic) bond motifs is 3. The molecular weight excluding hydrogens is 448 g/mol. The van der Waals surface area contributed by atoms with Crippen molar-refractivity contribution in [2.75, 3.05) is 18.6 Å². The summed E-state index contributed by atoms with van der Waals surface area (Å²) in [5, 5.41) is 13.8. The van der Waals surface area contributed by atoms with Crippen LogP contribution in [0.4, 0.5) is 5.95 Å². The quantitative estimate of drug-likeness (QED) is 0.316. The van der Waals surface area contributed by atoms with Crippen LogP contribution in [0, 0.1) is 0 Å². The Labute approximate surface area is 182 Å². The minimum Gasteiger partial charge on any atom is -0.490 e. The minimum atomic E-state index is 0.319. The standard InChI is InChI=1S/C21H21BrN6O2/c1-4-29-17-11-13(10-15(22)19(17)30-5-2)12-23-26-21-24-20-18(25-27-21)14-8-6-7-9-16(14)28(20)3/h6-12H,4-5H2,1-3H3,(H,24,26,27)/b23-12+. The molecule has 0 radical (unpaired) electrons. The van der Waals surface area contributed by atoms with Gasteiger partial charge in [0.1, 0.15) is 5.52 Å². The predicted octanol–water partition coefficient (Wildman–Crippen LogP) is 4.52. The number of aromatic nitrogens is 4. The van der Waals surface area contributed by atoms with Crippen LogP contribution in [0.2, 0.25) is 0 Å². The number of para-hydroxylation sites is 1. The molecule has 0 aliphatic heterocycles. The monoisotopic (exact) mass is 468 g/mol. The van der Waals surface area contributed by atoms with Gasteiger partial charge in [-0.1, -0.05) is 18.2 Å². The summed E-state index contributed by atoms with van der Waals surface area (Å²) in [7, 11) is 1.96. The van der Waals surface area contributed by atoms with Crippen molar-refractivity contribution in [3.8, 4) is 11.5 Å². The van der Waals surface area contributed by atoms with Gasteiger partial charge in [0.25, 0.3) is 5.95 Å². The van der Waals surface area contributed by atoms with Gasteiger partial charge in [0.05, 0.1) is 29.4 Å². The smallest absolute Gasteiger partial charge is 0.265 e.